The highest BCUT2D eigenvalue weighted by atomic mass is 16.2. The van der Waals surface area contributed by atoms with Gasteiger partial charge in [-0.2, -0.15) is 5.26 Å². The molecule has 7 nitrogen and oxygen atoms in total. The first kappa shape index (κ1) is 18.7. The number of H-pyrrole nitrogens is 1. The first-order chi connectivity index (χ1) is 14.1. The van der Waals surface area contributed by atoms with E-state index in [2.05, 4.69) is 20.6 Å². The summed E-state index contributed by atoms with van der Waals surface area (Å²) < 4.78 is 0. The molecule has 0 unspecified atom stereocenters. The van der Waals surface area contributed by atoms with E-state index in [1.165, 1.54) is 0 Å². The fourth-order valence-electron chi connectivity index (χ4n) is 3.22. The number of aromatic nitrogens is 2. The third-order valence-electron chi connectivity index (χ3n) is 4.92. The summed E-state index contributed by atoms with van der Waals surface area (Å²) in [6.45, 7) is 0.366. The molecule has 4 rings (SSSR count). The van der Waals surface area contributed by atoms with Crippen molar-refractivity contribution >= 4 is 28.7 Å². The Kier molecular flexibility index (Phi) is 5.25. The Morgan fingerprint density at radius 1 is 1.21 bits per heavy atom. The fraction of sp³-hybridized carbons (Fsp3) is 0.273. The Bertz CT molecular complexity index is 1090. The van der Waals surface area contributed by atoms with E-state index >= 15 is 0 Å². The molecule has 1 fully saturated rings. The van der Waals surface area contributed by atoms with Crippen molar-refractivity contribution in [2.24, 2.45) is 5.92 Å². The lowest BCUT2D eigenvalue weighted by Crippen LogP contribution is -2.25. The number of nitrogens with one attached hydrogen (secondary N) is 3. The lowest BCUT2D eigenvalue weighted by molar-refractivity contribution is -0.120. The number of nitriles is 1. The van der Waals surface area contributed by atoms with Crippen LogP contribution in [0.2, 0.25) is 0 Å². The van der Waals surface area contributed by atoms with Crippen LogP contribution in [-0.2, 0) is 16.0 Å². The Balaban J connectivity index is 1.54. The summed E-state index contributed by atoms with van der Waals surface area (Å²) in [4.78, 5) is 31.7. The Labute approximate surface area is 168 Å². The maximum Gasteiger partial charge on any atom is 0.228 e. The molecule has 3 aromatic rings. The van der Waals surface area contributed by atoms with Gasteiger partial charge in [0.15, 0.2) is 0 Å². The maximum atomic E-state index is 12.1. The third kappa shape index (κ3) is 4.43. The van der Waals surface area contributed by atoms with Gasteiger partial charge in [0, 0.05) is 24.0 Å². The van der Waals surface area contributed by atoms with Gasteiger partial charge in [0.25, 0.3) is 0 Å². The number of nitrogens with zero attached hydrogens (tertiary/aromatic N) is 2. The van der Waals surface area contributed by atoms with Crippen molar-refractivity contribution in [3.8, 4) is 17.2 Å². The minimum atomic E-state index is -0.102. The van der Waals surface area contributed by atoms with Crippen molar-refractivity contribution in [2.45, 2.75) is 25.7 Å². The molecule has 146 valence electrons. The summed E-state index contributed by atoms with van der Waals surface area (Å²) in [6, 6.07) is 13.6. The molecule has 0 saturated heterocycles. The van der Waals surface area contributed by atoms with E-state index in [-0.39, 0.29) is 24.2 Å². The van der Waals surface area contributed by atoms with E-state index < -0.39 is 0 Å². The summed E-state index contributed by atoms with van der Waals surface area (Å²) >= 11 is 0. The number of rotatable bonds is 7. The van der Waals surface area contributed by atoms with E-state index in [9.17, 15) is 9.59 Å². The van der Waals surface area contributed by atoms with Crippen LogP contribution in [-0.4, -0.2) is 28.3 Å². The van der Waals surface area contributed by atoms with Crippen molar-refractivity contribution in [3.05, 3.63) is 48.2 Å². The van der Waals surface area contributed by atoms with Crippen LogP contribution < -0.4 is 10.6 Å². The largest absolute Gasteiger partial charge is 0.355 e. The maximum absolute atomic E-state index is 12.1. The number of amides is 2. The number of carbonyl (C=O) groups is 2. The molecule has 2 heterocycles. The molecule has 0 radical (unpaired) electrons. The monoisotopic (exact) mass is 387 g/mol. The second kappa shape index (κ2) is 8.15. The molecule has 1 aliphatic carbocycles. The molecule has 0 atom stereocenters. The summed E-state index contributed by atoms with van der Waals surface area (Å²) in [5.74, 6) is 0.563. The number of benzene rings is 1. The number of anilines is 1. The van der Waals surface area contributed by atoms with Crippen molar-refractivity contribution in [3.63, 3.8) is 0 Å². The smallest absolute Gasteiger partial charge is 0.228 e. The number of fused-ring (bicyclic) bond motifs is 1. The highest BCUT2D eigenvalue weighted by molar-refractivity contribution is 5.99. The van der Waals surface area contributed by atoms with Crippen LogP contribution in [0.4, 0.5) is 5.82 Å². The van der Waals surface area contributed by atoms with Gasteiger partial charge in [-0.1, -0.05) is 24.3 Å². The molecule has 0 spiro atoms. The molecular formula is C22H21N5O2. The lowest BCUT2D eigenvalue weighted by Gasteiger charge is -2.10. The predicted molar refractivity (Wildman–Crippen MR) is 110 cm³/mol. The van der Waals surface area contributed by atoms with Gasteiger partial charge in [-0.15, -0.1) is 0 Å². The zero-order valence-electron chi connectivity index (χ0n) is 15.9. The van der Waals surface area contributed by atoms with Crippen LogP contribution in [0.25, 0.3) is 22.2 Å². The second-order valence-corrected chi connectivity index (χ2v) is 7.19. The third-order valence-corrected chi connectivity index (χ3v) is 4.92. The van der Waals surface area contributed by atoms with Gasteiger partial charge in [0.1, 0.15) is 11.5 Å². The zero-order valence-corrected chi connectivity index (χ0v) is 15.9. The molecule has 29 heavy (non-hydrogen) atoms. The fourth-order valence-corrected chi connectivity index (χ4v) is 3.22. The standard InChI is InChI=1S/C22H21N5O2/c23-9-1-10-24-20(28)12-14-2-4-15(5-3-14)18-13-19(27-22(29)16-6-7-16)26-21-17(18)8-11-25-21/h2-5,8,11,13,16H,1,6-7,10,12H2,(H,24,28)(H2,25,26,27,29). The number of carbonyl (C=O) groups excluding carboxylic acids is 2. The first-order valence-electron chi connectivity index (χ1n) is 9.66. The van der Waals surface area contributed by atoms with E-state index in [1.807, 2.05) is 48.7 Å². The number of hydrogen-bond donors (Lipinski definition) is 3. The summed E-state index contributed by atoms with van der Waals surface area (Å²) in [5.41, 5.74) is 3.55. The molecular weight excluding hydrogens is 366 g/mol. The summed E-state index contributed by atoms with van der Waals surface area (Å²) in [7, 11) is 0. The van der Waals surface area contributed by atoms with Crippen LogP contribution in [0.3, 0.4) is 0 Å². The van der Waals surface area contributed by atoms with E-state index in [0.29, 0.717) is 18.8 Å². The van der Waals surface area contributed by atoms with Crippen LogP contribution in [0.1, 0.15) is 24.8 Å². The van der Waals surface area contributed by atoms with Gasteiger partial charge < -0.3 is 15.6 Å². The SMILES string of the molecule is N#CCCNC(=O)Cc1ccc(-c2cc(NC(=O)C3CC3)nc3[nH]ccc23)cc1. The minimum Gasteiger partial charge on any atom is -0.355 e. The van der Waals surface area contributed by atoms with Gasteiger partial charge >= 0.3 is 0 Å². The molecule has 1 saturated carbocycles. The van der Waals surface area contributed by atoms with Crippen LogP contribution in [0.15, 0.2) is 42.6 Å². The van der Waals surface area contributed by atoms with Gasteiger partial charge in [0.2, 0.25) is 11.8 Å². The lowest BCUT2D eigenvalue weighted by atomic mass is 10.0. The van der Waals surface area contributed by atoms with E-state index in [4.69, 9.17) is 5.26 Å². The van der Waals surface area contributed by atoms with E-state index in [1.54, 1.807) is 0 Å². The Morgan fingerprint density at radius 2 is 2.00 bits per heavy atom. The normalized spacial score (nSPS) is 13.1. The van der Waals surface area contributed by atoms with Crippen molar-refractivity contribution in [1.29, 1.82) is 5.26 Å². The van der Waals surface area contributed by atoms with Gasteiger partial charge in [-0.3, -0.25) is 9.59 Å². The highest BCUT2D eigenvalue weighted by Gasteiger charge is 2.30. The highest BCUT2D eigenvalue weighted by Crippen LogP contribution is 2.33. The Hall–Kier alpha value is -3.66. The molecule has 0 aliphatic heterocycles. The molecule has 0 bridgehead atoms. The molecule has 7 heteroatoms. The zero-order chi connectivity index (χ0) is 20.2. The van der Waals surface area contributed by atoms with Crippen LogP contribution in [0.5, 0.6) is 0 Å². The second-order valence-electron chi connectivity index (χ2n) is 7.19. The quantitative estimate of drug-likeness (QED) is 0.541. The molecule has 1 aromatic carbocycles. The molecule has 1 aliphatic rings. The average Bonchev–Trinajstić information content (AvgIpc) is 3.46. The van der Waals surface area contributed by atoms with Crippen molar-refractivity contribution in [2.75, 3.05) is 11.9 Å². The first-order valence-corrected chi connectivity index (χ1v) is 9.66. The van der Waals surface area contributed by atoms with Crippen molar-refractivity contribution < 1.29 is 9.59 Å². The molecule has 2 aromatic heterocycles. The minimum absolute atomic E-state index is 0.0205. The summed E-state index contributed by atoms with van der Waals surface area (Å²) in [5, 5.41) is 15.1. The molecule has 2 amide bonds. The Morgan fingerprint density at radius 3 is 2.72 bits per heavy atom. The van der Waals surface area contributed by atoms with Crippen molar-refractivity contribution in [1.82, 2.24) is 15.3 Å². The van der Waals surface area contributed by atoms with Gasteiger partial charge in [-0.25, -0.2) is 4.98 Å². The number of hydrogen-bond acceptors (Lipinski definition) is 4. The molecule has 3 N–H and O–H groups in total. The van der Waals surface area contributed by atoms with Crippen LogP contribution >= 0.6 is 0 Å². The van der Waals surface area contributed by atoms with Crippen LogP contribution in [0, 0.1) is 17.2 Å². The van der Waals surface area contributed by atoms with Gasteiger partial charge in [0.05, 0.1) is 18.9 Å². The number of aromatic amines is 1. The van der Waals surface area contributed by atoms with Gasteiger partial charge in [-0.05, 0) is 41.7 Å². The predicted octanol–water partition coefficient (Wildman–Crippen LogP) is 3.15. The summed E-state index contributed by atoms with van der Waals surface area (Å²) in [6.07, 6.45) is 4.28. The topological polar surface area (TPSA) is 111 Å². The average molecular weight is 387 g/mol. The number of pyridine rings is 1. The van der Waals surface area contributed by atoms with E-state index in [0.717, 1.165) is 40.6 Å².